The zero-order valence-electron chi connectivity index (χ0n) is 13.9. The molecule has 0 radical (unpaired) electrons. The maximum atomic E-state index is 13.2. The minimum absolute atomic E-state index is 0. The normalized spacial score (nSPS) is 23.8. The van der Waals surface area contributed by atoms with E-state index in [1.165, 1.54) is 5.56 Å². The van der Waals surface area contributed by atoms with Gasteiger partial charge in [0.25, 0.3) is 0 Å². The molecule has 132 valence electrons. The number of likely N-dealkylation sites (tertiary alicyclic amines) is 1. The Morgan fingerprint density at radius 3 is 2.44 bits per heavy atom. The van der Waals surface area contributed by atoms with Gasteiger partial charge < -0.3 is 10.6 Å². The topological polar surface area (TPSA) is 46.3 Å². The van der Waals surface area contributed by atoms with Crippen molar-refractivity contribution in [3.63, 3.8) is 0 Å². The zero-order chi connectivity index (χ0) is 16.7. The van der Waals surface area contributed by atoms with E-state index in [0.717, 1.165) is 18.4 Å². The van der Waals surface area contributed by atoms with Crippen molar-refractivity contribution in [2.75, 3.05) is 13.1 Å². The lowest BCUT2D eigenvalue weighted by molar-refractivity contribution is -0.133. The van der Waals surface area contributed by atoms with Crippen LogP contribution in [0.3, 0.4) is 0 Å². The van der Waals surface area contributed by atoms with E-state index >= 15 is 0 Å². The molecular weight excluding hydrogens is 355 g/mol. The molecule has 2 aromatic carbocycles. The standard InChI is InChI=1S/C20H21ClN2O.ClH/c21-16-8-4-7-15(11-16)20(9-10-20)19(24)23-12-17(18(22)13-23)14-5-2-1-3-6-14;/h1-8,11,17-18H,9-10,12-13,22H2;1H/t17-,18+;/m0./s1. The van der Waals surface area contributed by atoms with E-state index in [4.69, 9.17) is 17.3 Å². The van der Waals surface area contributed by atoms with Crippen molar-refractivity contribution in [3.8, 4) is 0 Å². The average molecular weight is 377 g/mol. The van der Waals surface area contributed by atoms with E-state index in [1.807, 2.05) is 47.4 Å². The predicted octanol–water partition coefficient (Wildman–Crippen LogP) is 3.75. The fraction of sp³-hybridized carbons (Fsp3) is 0.350. The highest BCUT2D eigenvalue weighted by atomic mass is 35.5. The van der Waals surface area contributed by atoms with Crippen molar-refractivity contribution in [1.29, 1.82) is 0 Å². The maximum absolute atomic E-state index is 13.2. The van der Waals surface area contributed by atoms with Crippen LogP contribution in [0.25, 0.3) is 0 Å². The van der Waals surface area contributed by atoms with Gasteiger partial charge in [0, 0.05) is 30.1 Å². The largest absolute Gasteiger partial charge is 0.340 e. The lowest BCUT2D eigenvalue weighted by Crippen LogP contribution is -2.39. The van der Waals surface area contributed by atoms with Crippen molar-refractivity contribution >= 4 is 29.9 Å². The minimum atomic E-state index is -0.379. The third-order valence-corrected chi connectivity index (χ3v) is 5.65. The van der Waals surface area contributed by atoms with Crippen LogP contribution in [-0.4, -0.2) is 29.9 Å². The molecule has 1 aliphatic carbocycles. The highest BCUT2D eigenvalue weighted by Crippen LogP contribution is 2.50. The second-order valence-electron chi connectivity index (χ2n) is 6.98. The lowest BCUT2D eigenvalue weighted by Gasteiger charge is -2.24. The highest BCUT2D eigenvalue weighted by molar-refractivity contribution is 6.30. The van der Waals surface area contributed by atoms with Gasteiger partial charge in [-0.2, -0.15) is 0 Å². The Morgan fingerprint density at radius 1 is 1.08 bits per heavy atom. The molecule has 0 bridgehead atoms. The number of amides is 1. The molecule has 1 saturated heterocycles. The van der Waals surface area contributed by atoms with Crippen LogP contribution in [-0.2, 0) is 10.2 Å². The molecule has 2 N–H and O–H groups in total. The summed E-state index contributed by atoms with van der Waals surface area (Å²) in [5.41, 5.74) is 8.23. The van der Waals surface area contributed by atoms with E-state index in [0.29, 0.717) is 18.1 Å². The van der Waals surface area contributed by atoms with Crippen LogP contribution in [0.5, 0.6) is 0 Å². The van der Waals surface area contributed by atoms with Crippen LogP contribution in [0, 0.1) is 0 Å². The van der Waals surface area contributed by atoms with Gasteiger partial charge in [0.05, 0.1) is 5.41 Å². The molecule has 5 heteroatoms. The van der Waals surface area contributed by atoms with Gasteiger partial charge in [0.15, 0.2) is 0 Å². The summed E-state index contributed by atoms with van der Waals surface area (Å²) in [7, 11) is 0. The smallest absolute Gasteiger partial charge is 0.233 e. The third kappa shape index (κ3) is 3.29. The lowest BCUT2D eigenvalue weighted by atomic mass is 9.94. The van der Waals surface area contributed by atoms with Crippen molar-refractivity contribution in [3.05, 3.63) is 70.7 Å². The Labute approximate surface area is 159 Å². The molecule has 25 heavy (non-hydrogen) atoms. The molecule has 0 spiro atoms. The fourth-order valence-electron chi connectivity index (χ4n) is 3.89. The number of benzene rings is 2. The SMILES string of the molecule is Cl.N[C@@H]1CN(C(=O)C2(c3cccc(Cl)c3)CC2)C[C@H]1c1ccccc1. The third-order valence-electron chi connectivity index (χ3n) is 5.42. The monoisotopic (exact) mass is 376 g/mol. The van der Waals surface area contributed by atoms with Crippen LogP contribution in [0.15, 0.2) is 54.6 Å². The van der Waals surface area contributed by atoms with Gasteiger partial charge in [-0.15, -0.1) is 12.4 Å². The van der Waals surface area contributed by atoms with Gasteiger partial charge >= 0.3 is 0 Å². The number of rotatable bonds is 3. The van der Waals surface area contributed by atoms with Gasteiger partial charge in [-0.3, -0.25) is 4.79 Å². The number of hydrogen-bond donors (Lipinski definition) is 1. The summed E-state index contributed by atoms with van der Waals surface area (Å²) in [6.07, 6.45) is 1.79. The van der Waals surface area contributed by atoms with Crippen molar-refractivity contribution < 1.29 is 4.79 Å². The molecule has 2 aliphatic rings. The Kier molecular flexibility index (Phi) is 5.10. The molecule has 0 aromatic heterocycles. The summed E-state index contributed by atoms with van der Waals surface area (Å²) in [6, 6.07) is 18.0. The molecule has 0 unspecified atom stereocenters. The Balaban J connectivity index is 0.00000182. The molecule has 1 heterocycles. The number of carbonyl (C=O) groups excluding carboxylic acids is 1. The van der Waals surface area contributed by atoms with Crippen LogP contribution >= 0.6 is 24.0 Å². The van der Waals surface area contributed by atoms with Crippen molar-refractivity contribution in [1.82, 2.24) is 4.90 Å². The van der Waals surface area contributed by atoms with E-state index < -0.39 is 0 Å². The number of nitrogens with two attached hydrogens (primary N) is 1. The molecule has 1 amide bonds. The van der Waals surface area contributed by atoms with Crippen LogP contribution < -0.4 is 5.73 Å². The highest BCUT2D eigenvalue weighted by Gasteiger charge is 2.54. The summed E-state index contributed by atoms with van der Waals surface area (Å²) in [6.45, 7) is 1.33. The van der Waals surface area contributed by atoms with Gasteiger partial charge in [-0.25, -0.2) is 0 Å². The summed E-state index contributed by atoms with van der Waals surface area (Å²) in [5.74, 6) is 0.420. The Bertz CT molecular complexity index is 761. The van der Waals surface area contributed by atoms with Crippen molar-refractivity contribution in [2.45, 2.75) is 30.2 Å². The first-order valence-corrected chi connectivity index (χ1v) is 8.84. The van der Waals surface area contributed by atoms with Crippen LogP contribution in [0.4, 0.5) is 0 Å². The number of halogens is 2. The Hall–Kier alpha value is -1.55. The second-order valence-corrected chi connectivity index (χ2v) is 7.42. The quantitative estimate of drug-likeness (QED) is 0.886. The van der Waals surface area contributed by atoms with E-state index in [2.05, 4.69) is 12.1 Å². The summed E-state index contributed by atoms with van der Waals surface area (Å²) >= 11 is 6.12. The fourth-order valence-corrected chi connectivity index (χ4v) is 4.08. The van der Waals surface area contributed by atoms with Crippen LogP contribution in [0.2, 0.25) is 5.02 Å². The van der Waals surface area contributed by atoms with E-state index in [1.54, 1.807) is 0 Å². The molecule has 1 aliphatic heterocycles. The molecule has 4 rings (SSSR count). The maximum Gasteiger partial charge on any atom is 0.233 e. The molecule has 2 aromatic rings. The molecule has 2 atom stereocenters. The molecular formula is C20H22Cl2N2O. The van der Waals surface area contributed by atoms with Crippen LogP contribution in [0.1, 0.15) is 29.9 Å². The first kappa shape index (κ1) is 18.2. The predicted molar refractivity (Wildman–Crippen MR) is 103 cm³/mol. The summed E-state index contributed by atoms with van der Waals surface area (Å²) in [5, 5.41) is 0.687. The van der Waals surface area contributed by atoms with Gasteiger partial charge in [-0.05, 0) is 36.1 Å². The number of hydrogen-bond acceptors (Lipinski definition) is 2. The Morgan fingerprint density at radius 2 is 1.80 bits per heavy atom. The van der Waals surface area contributed by atoms with E-state index in [-0.39, 0.29) is 35.7 Å². The zero-order valence-corrected chi connectivity index (χ0v) is 15.5. The molecule has 3 nitrogen and oxygen atoms in total. The van der Waals surface area contributed by atoms with Gasteiger partial charge in [0.1, 0.15) is 0 Å². The average Bonchev–Trinajstić information content (AvgIpc) is 3.32. The van der Waals surface area contributed by atoms with E-state index in [9.17, 15) is 4.79 Å². The second kappa shape index (κ2) is 6.99. The molecule has 1 saturated carbocycles. The summed E-state index contributed by atoms with van der Waals surface area (Å²) < 4.78 is 0. The number of nitrogens with zero attached hydrogens (tertiary/aromatic N) is 1. The van der Waals surface area contributed by atoms with Gasteiger partial charge in [-0.1, -0.05) is 54.1 Å². The van der Waals surface area contributed by atoms with Crippen molar-refractivity contribution in [2.24, 2.45) is 5.73 Å². The first-order chi connectivity index (χ1) is 11.6. The summed E-state index contributed by atoms with van der Waals surface area (Å²) in [4.78, 5) is 15.1. The number of carbonyl (C=O) groups is 1. The molecule has 2 fully saturated rings. The first-order valence-electron chi connectivity index (χ1n) is 8.46. The van der Waals surface area contributed by atoms with Gasteiger partial charge in [0.2, 0.25) is 5.91 Å². The minimum Gasteiger partial charge on any atom is -0.340 e.